The summed E-state index contributed by atoms with van der Waals surface area (Å²) in [6.45, 7) is 15.8. The van der Waals surface area contributed by atoms with E-state index < -0.39 is 0 Å². The fourth-order valence-electron chi connectivity index (χ4n) is 3.64. The molecule has 0 amide bonds. The Balaban J connectivity index is 1.48. The van der Waals surface area contributed by atoms with E-state index in [0.29, 0.717) is 12.0 Å². The maximum Gasteiger partial charge on any atom is 0.0607 e. The molecule has 0 unspecified atom stereocenters. The summed E-state index contributed by atoms with van der Waals surface area (Å²) in [5.41, 5.74) is 5.69. The number of benzene rings is 1. The first-order chi connectivity index (χ1) is 13.6. The van der Waals surface area contributed by atoms with E-state index in [4.69, 9.17) is 4.99 Å². The molecule has 1 heterocycles. The monoisotopic (exact) mass is 373 g/mol. The predicted molar refractivity (Wildman–Crippen MR) is 120 cm³/mol. The Kier molecular flexibility index (Phi) is 6.83. The summed E-state index contributed by atoms with van der Waals surface area (Å²) in [6, 6.07) is 11.1. The van der Waals surface area contributed by atoms with Crippen LogP contribution in [0.2, 0.25) is 0 Å². The number of nitrogens with one attached hydrogen (secondary N) is 1. The SMILES string of the molecule is C=C/C=C(\C=C)[C@@H]1C[C@H]1NCCCC1=CN(Cc2ccccc2)C(=C)C(C)=N1. The van der Waals surface area contributed by atoms with Crippen LogP contribution in [-0.2, 0) is 6.54 Å². The number of nitrogens with zero attached hydrogens (tertiary/aromatic N) is 2. The quantitative estimate of drug-likeness (QED) is 0.441. The van der Waals surface area contributed by atoms with Gasteiger partial charge in [0.2, 0.25) is 0 Å². The maximum atomic E-state index is 4.74. The lowest BCUT2D eigenvalue weighted by atomic mass is 10.1. The number of rotatable bonds is 10. The Hall–Kier alpha value is -2.65. The van der Waals surface area contributed by atoms with E-state index in [-0.39, 0.29) is 0 Å². The molecule has 3 rings (SSSR count). The van der Waals surface area contributed by atoms with Crippen molar-refractivity contribution in [2.45, 2.75) is 38.8 Å². The summed E-state index contributed by atoms with van der Waals surface area (Å²) in [6.07, 6.45) is 11.3. The second kappa shape index (κ2) is 9.52. The van der Waals surface area contributed by atoms with E-state index in [1.165, 1.54) is 17.6 Å². The molecule has 1 aliphatic heterocycles. The summed E-state index contributed by atoms with van der Waals surface area (Å²) < 4.78 is 0. The Morgan fingerprint density at radius 1 is 1.29 bits per heavy atom. The van der Waals surface area contributed by atoms with Crippen LogP contribution in [0, 0.1) is 5.92 Å². The highest BCUT2D eigenvalue weighted by Crippen LogP contribution is 2.37. The molecule has 2 aliphatic rings. The van der Waals surface area contributed by atoms with Crippen LogP contribution >= 0.6 is 0 Å². The summed E-state index contributed by atoms with van der Waals surface area (Å²) in [4.78, 5) is 6.96. The van der Waals surface area contributed by atoms with Crippen LogP contribution in [0.15, 0.2) is 96.5 Å². The molecule has 1 fully saturated rings. The van der Waals surface area contributed by atoms with Crippen molar-refractivity contribution in [3.8, 4) is 0 Å². The van der Waals surface area contributed by atoms with Crippen molar-refractivity contribution in [2.24, 2.45) is 10.9 Å². The third-order valence-corrected chi connectivity index (χ3v) is 5.36. The molecule has 28 heavy (non-hydrogen) atoms. The molecule has 2 atom stereocenters. The Morgan fingerprint density at radius 3 is 2.79 bits per heavy atom. The van der Waals surface area contributed by atoms with E-state index >= 15 is 0 Å². The average molecular weight is 374 g/mol. The standard InChI is InChI=1S/C25H31N3/c1-5-11-22(6-2)24-16-25(24)26-15-10-14-23-18-28(20(4)19(3)27-23)17-21-12-8-7-9-13-21/h5-9,11-13,18,24-26H,1-2,4,10,14-17H2,3H3/b22-11+/t24-,25+/m0/s1. The molecule has 146 valence electrons. The van der Waals surface area contributed by atoms with Crippen LogP contribution in [0.25, 0.3) is 0 Å². The van der Waals surface area contributed by atoms with Gasteiger partial charge in [-0.2, -0.15) is 0 Å². The van der Waals surface area contributed by atoms with Crippen molar-refractivity contribution in [1.29, 1.82) is 0 Å². The van der Waals surface area contributed by atoms with Crippen LogP contribution in [0.4, 0.5) is 0 Å². The highest BCUT2D eigenvalue weighted by molar-refractivity contribution is 5.98. The third-order valence-electron chi connectivity index (χ3n) is 5.36. The molecule has 1 aliphatic carbocycles. The van der Waals surface area contributed by atoms with Gasteiger partial charge in [-0.05, 0) is 43.9 Å². The Bertz CT molecular complexity index is 813. The number of allylic oxidation sites excluding steroid dienone is 5. The highest BCUT2D eigenvalue weighted by Gasteiger charge is 2.37. The van der Waals surface area contributed by atoms with Gasteiger partial charge in [0, 0.05) is 24.7 Å². The molecule has 0 saturated heterocycles. The number of hydrogen-bond donors (Lipinski definition) is 1. The highest BCUT2D eigenvalue weighted by atomic mass is 15.2. The van der Waals surface area contributed by atoms with Crippen LogP contribution in [0.3, 0.4) is 0 Å². The number of hydrogen-bond acceptors (Lipinski definition) is 3. The minimum Gasteiger partial charge on any atom is -0.341 e. The van der Waals surface area contributed by atoms with Gasteiger partial charge >= 0.3 is 0 Å². The van der Waals surface area contributed by atoms with Gasteiger partial charge in [-0.25, -0.2) is 0 Å². The number of aliphatic imine (C=N–C) groups is 1. The molecule has 0 aromatic heterocycles. The van der Waals surface area contributed by atoms with Crippen LogP contribution in [-0.4, -0.2) is 23.2 Å². The van der Waals surface area contributed by atoms with Gasteiger partial charge in [-0.1, -0.05) is 68.3 Å². The van der Waals surface area contributed by atoms with Gasteiger partial charge in [-0.3, -0.25) is 4.99 Å². The predicted octanol–water partition coefficient (Wildman–Crippen LogP) is 5.37. The lowest BCUT2D eigenvalue weighted by Crippen LogP contribution is -2.24. The van der Waals surface area contributed by atoms with Crippen LogP contribution in [0.5, 0.6) is 0 Å². The van der Waals surface area contributed by atoms with E-state index in [9.17, 15) is 0 Å². The maximum absolute atomic E-state index is 4.74. The summed E-state index contributed by atoms with van der Waals surface area (Å²) in [5.74, 6) is 0.592. The van der Waals surface area contributed by atoms with Gasteiger partial charge in [0.05, 0.1) is 17.1 Å². The molecule has 1 N–H and O–H groups in total. The summed E-state index contributed by atoms with van der Waals surface area (Å²) in [5, 5.41) is 3.66. The lowest BCUT2D eigenvalue weighted by Gasteiger charge is -2.27. The van der Waals surface area contributed by atoms with E-state index in [1.807, 2.05) is 25.1 Å². The lowest BCUT2D eigenvalue weighted by molar-refractivity contribution is 0.468. The van der Waals surface area contributed by atoms with Gasteiger partial charge in [0.1, 0.15) is 0 Å². The van der Waals surface area contributed by atoms with E-state index in [0.717, 1.165) is 43.0 Å². The van der Waals surface area contributed by atoms with E-state index in [2.05, 4.69) is 66.5 Å². The molecule has 0 radical (unpaired) electrons. The normalized spacial score (nSPS) is 21.8. The third kappa shape index (κ3) is 5.20. The van der Waals surface area contributed by atoms with Crippen molar-refractivity contribution >= 4 is 5.71 Å². The van der Waals surface area contributed by atoms with Gasteiger partial charge in [0.25, 0.3) is 0 Å². The van der Waals surface area contributed by atoms with Gasteiger partial charge < -0.3 is 10.2 Å². The van der Waals surface area contributed by atoms with Crippen molar-refractivity contribution < 1.29 is 0 Å². The second-order valence-corrected chi connectivity index (χ2v) is 7.49. The zero-order valence-electron chi connectivity index (χ0n) is 16.9. The fourth-order valence-corrected chi connectivity index (χ4v) is 3.64. The molecule has 1 aromatic carbocycles. The second-order valence-electron chi connectivity index (χ2n) is 7.49. The molecule has 1 aromatic rings. The largest absolute Gasteiger partial charge is 0.341 e. The smallest absolute Gasteiger partial charge is 0.0607 e. The van der Waals surface area contributed by atoms with E-state index in [1.54, 1.807) is 0 Å². The van der Waals surface area contributed by atoms with Crippen molar-refractivity contribution in [2.75, 3.05) is 6.54 Å². The minimum absolute atomic E-state index is 0.573. The molecule has 0 bridgehead atoms. The zero-order chi connectivity index (χ0) is 19.9. The molecular formula is C25H31N3. The van der Waals surface area contributed by atoms with Gasteiger partial charge in [0.15, 0.2) is 0 Å². The first-order valence-electron chi connectivity index (χ1n) is 10.1. The first kappa shape index (κ1) is 20.1. The zero-order valence-corrected chi connectivity index (χ0v) is 16.9. The minimum atomic E-state index is 0.573. The molecule has 3 heteroatoms. The fraction of sp³-hybridized carbons (Fsp3) is 0.320. The van der Waals surface area contributed by atoms with Crippen molar-refractivity contribution in [1.82, 2.24) is 10.2 Å². The first-order valence-corrected chi connectivity index (χ1v) is 10.1. The van der Waals surface area contributed by atoms with Gasteiger partial charge in [-0.15, -0.1) is 0 Å². The topological polar surface area (TPSA) is 27.6 Å². The molecule has 1 saturated carbocycles. The van der Waals surface area contributed by atoms with Crippen LogP contribution in [0.1, 0.15) is 31.7 Å². The Morgan fingerprint density at radius 2 is 2.07 bits per heavy atom. The summed E-state index contributed by atoms with van der Waals surface area (Å²) >= 11 is 0. The summed E-state index contributed by atoms with van der Waals surface area (Å²) in [7, 11) is 0. The van der Waals surface area contributed by atoms with Crippen molar-refractivity contribution in [3.63, 3.8) is 0 Å². The molecule has 0 spiro atoms. The van der Waals surface area contributed by atoms with Crippen LogP contribution < -0.4 is 5.32 Å². The molecule has 3 nitrogen and oxygen atoms in total. The van der Waals surface area contributed by atoms with Crippen molar-refractivity contribution in [3.05, 3.63) is 97.0 Å². The Labute approximate surface area is 169 Å². The molecular weight excluding hydrogens is 342 g/mol. The average Bonchev–Trinajstić information content (AvgIpc) is 3.47.